The van der Waals surface area contributed by atoms with Crippen LogP contribution in [0.5, 0.6) is 0 Å². The minimum absolute atomic E-state index is 0.156. The van der Waals surface area contributed by atoms with Gasteiger partial charge in [0.25, 0.3) is 0 Å². The van der Waals surface area contributed by atoms with Crippen LogP contribution >= 0.6 is 11.6 Å². The topological polar surface area (TPSA) is 26.0 Å². The van der Waals surface area contributed by atoms with Gasteiger partial charge >= 0.3 is 0 Å². The van der Waals surface area contributed by atoms with Crippen molar-refractivity contribution in [3.63, 3.8) is 0 Å². The van der Waals surface area contributed by atoms with E-state index >= 15 is 0 Å². The number of rotatable bonds is 1. The summed E-state index contributed by atoms with van der Waals surface area (Å²) < 4.78 is 13.7. The van der Waals surface area contributed by atoms with Gasteiger partial charge in [-0.25, -0.2) is 4.39 Å². The van der Waals surface area contributed by atoms with E-state index in [0.717, 1.165) is 18.4 Å². The zero-order valence-corrected chi connectivity index (χ0v) is 8.89. The van der Waals surface area contributed by atoms with Gasteiger partial charge in [0.05, 0.1) is 5.69 Å². The van der Waals surface area contributed by atoms with Crippen molar-refractivity contribution in [3.8, 4) is 0 Å². The van der Waals surface area contributed by atoms with Gasteiger partial charge in [-0.15, -0.1) is 0 Å². The molecule has 0 aromatic heterocycles. The molecule has 2 rings (SSSR count). The lowest BCUT2D eigenvalue weighted by atomic mass is 9.98. The summed E-state index contributed by atoms with van der Waals surface area (Å²) in [7, 11) is 0. The molecule has 3 heteroatoms. The molecular formula is C12H11ClFN. The standard InChI is InChI=1S/C12H11ClFN/c13-10-6-2-1-4-8(10)9-5-3-7-11(15)12(9)14/h1,3-5,7H,2,6,15H2. The Morgan fingerprint density at radius 1 is 1.33 bits per heavy atom. The molecule has 2 N–H and O–H groups in total. The summed E-state index contributed by atoms with van der Waals surface area (Å²) >= 11 is 6.06. The lowest BCUT2D eigenvalue weighted by Crippen LogP contribution is -1.97. The van der Waals surface area contributed by atoms with Gasteiger partial charge in [0, 0.05) is 10.6 Å². The summed E-state index contributed by atoms with van der Waals surface area (Å²) in [6, 6.07) is 4.96. The van der Waals surface area contributed by atoms with Gasteiger partial charge < -0.3 is 5.73 Å². The molecule has 1 nitrogen and oxygen atoms in total. The summed E-state index contributed by atoms with van der Waals surface area (Å²) in [4.78, 5) is 0. The van der Waals surface area contributed by atoms with Gasteiger partial charge in [-0.1, -0.05) is 35.9 Å². The van der Waals surface area contributed by atoms with Crippen molar-refractivity contribution < 1.29 is 4.39 Å². The smallest absolute Gasteiger partial charge is 0.153 e. The first-order valence-electron chi connectivity index (χ1n) is 4.79. The van der Waals surface area contributed by atoms with Crippen LogP contribution in [-0.4, -0.2) is 0 Å². The molecule has 0 spiro atoms. The number of allylic oxidation sites excluding steroid dienone is 4. The average molecular weight is 224 g/mol. The maximum atomic E-state index is 13.7. The van der Waals surface area contributed by atoms with E-state index in [-0.39, 0.29) is 5.69 Å². The van der Waals surface area contributed by atoms with E-state index < -0.39 is 5.82 Å². The third-order valence-electron chi connectivity index (χ3n) is 2.43. The fourth-order valence-electron chi connectivity index (χ4n) is 1.63. The Morgan fingerprint density at radius 3 is 2.87 bits per heavy atom. The van der Waals surface area contributed by atoms with E-state index in [1.54, 1.807) is 18.2 Å². The monoisotopic (exact) mass is 223 g/mol. The molecule has 15 heavy (non-hydrogen) atoms. The summed E-state index contributed by atoms with van der Waals surface area (Å²) in [5.41, 5.74) is 6.89. The van der Waals surface area contributed by atoms with Gasteiger partial charge in [0.1, 0.15) is 0 Å². The fraction of sp³-hybridized carbons (Fsp3) is 0.167. The van der Waals surface area contributed by atoms with Crippen LogP contribution in [0.15, 0.2) is 35.4 Å². The highest BCUT2D eigenvalue weighted by Crippen LogP contribution is 2.32. The third kappa shape index (κ3) is 1.90. The highest BCUT2D eigenvalue weighted by molar-refractivity contribution is 6.33. The second-order valence-electron chi connectivity index (χ2n) is 3.47. The molecule has 0 amide bonds. The van der Waals surface area contributed by atoms with Crippen molar-refractivity contribution in [2.75, 3.05) is 5.73 Å². The van der Waals surface area contributed by atoms with Gasteiger partial charge in [-0.2, -0.15) is 0 Å². The molecule has 0 saturated heterocycles. The predicted molar refractivity (Wildman–Crippen MR) is 62.0 cm³/mol. The van der Waals surface area contributed by atoms with Crippen molar-refractivity contribution in [3.05, 3.63) is 46.8 Å². The van der Waals surface area contributed by atoms with E-state index in [2.05, 4.69) is 0 Å². The zero-order valence-electron chi connectivity index (χ0n) is 8.13. The Labute approximate surface area is 93.0 Å². The van der Waals surface area contributed by atoms with Crippen LogP contribution in [0.2, 0.25) is 0 Å². The van der Waals surface area contributed by atoms with Gasteiger partial charge in [0.15, 0.2) is 5.82 Å². The van der Waals surface area contributed by atoms with Gasteiger partial charge in [0.2, 0.25) is 0 Å². The van der Waals surface area contributed by atoms with Crippen LogP contribution in [-0.2, 0) is 0 Å². The molecule has 1 aliphatic rings. The van der Waals surface area contributed by atoms with Gasteiger partial charge in [-0.05, 0) is 24.5 Å². The first-order chi connectivity index (χ1) is 7.20. The van der Waals surface area contributed by atoms with Crippen LogP contribution in [0.4, 0.5) is 10.1 Å². The fourth-order valence-corrected chi connectivity index (χ4v) is 1.90. The SMILES string of the molecule is Nc1cccc(C2=C(Cl)CCC=C2)c1F. The molecule has 0 saturated carbocycles. The molecule has 78 valence electrons. The van der Waals surface area contributed by atoms with Crippen molar-refractivity contribution in [1.82, 2.24) is 0 Å². The van der Waals surface area contributed by atoms with Crippen molar-refractivity contribution in [2.45, 2.75) is 12.8 Å². The third-order valence-corrected chi connectivity index (χ3v) is 2.82. The van der Waals surface area contributed by atoms with E-state index in [1.165, 1.54) is 0 Å². The number of nitrogen functional groups attached to an aromatic ring is 1. The number of hydrogen-bond donors (Lipinski definition) is 1. The molecule has 1 aromatic rings. The summed E-state index contributed by atoms with van der Waals surface area (Å²) in [5, 5.41) is 0.696. The predicted octanol–water partition coefficient (Wildman–Crippen LogP) is 3.71. The molecule has 0 radical (unpaired) electrons. The van der Waals surface area contributed by atoms with Gasteiger partial charge in [-0.3, -0.25) is 0 Å². The largest absolute Gasteiger partial charge is 0.396 e. The maximum absolute atomic E-state index is 13.7. The summed E-state index contributed by atoms with van der Waals surface area (Å²) in [6.07, 6.45) is 5.52. The molecule has 1 aromatic carbocycles. The average Bonchev–Trinajstić information content (AvgIpc) is 2.23. The van der Waals surface area contributed by atoms with Crippen LogP contribution in [0.25, 0.3) is 5.57 Å². The van der Waals surface area contributed by atoms with Crippen molar-refractivity contribution in [2.24, 2.45) is 0 Å². The molecule has 0 bridgehead atoms. The summed E-state index contributed by atoms with van der Waals surface area (Å²) in [6.45, 7) is 0. The minimum atomic E-state index is -0.391. The first-order valence-corrected chi connectivity index (χ1v) is 5.17. The number of halogens is 2. The first kappa shape index (κ1) is 10.2. The molecular weight excluding hydrogens is 213 g/mol. The van der Waals surface area contributed by atoms with Crippen LogP contribution in [0, 0.1) is 5.82 Å². The van der Waals surface area contributed by atoms with Crippen LogP contribution in [0.3, 0.4) is 0 Å². The van der Waals surface area contributed by atoms with Crippen LogP contribution < -0.4 is 5.73 Å². The molecule has 0 fully saturated rings. The molecule has 0 unspecified atom stereocenters. The Bertz CT molecular complexity index is 449. The Balaban J connectivity index is 2.54. The normalized spacial score (nSPS) is 15.9. The molecule has 0 atom stereocenters. The number of nitrogens with two attached hydrogens (primary N) is 1. The minimum Gasteiger partial charge on any atom is -0.396 e. The number of anilines is 1. The highest BCUT2D eigenvalue weighted by Gasteiger charge is 2.13. The van der Waals surface area contributed by atoms with E-state index in [9.17, 15) is 4.39 Å². The van der Waals surface area contributed by atoms with Crippen LogP contribution in [0.1, 0.15) is 18.4 Å². The summed E-state index contributed by atoms with van der Waals surface area (Å²) in [5.74, 6) is -0.391. The Hall–Kier alpha value is -1.28. The van der Waals surface area contributed by atoms with Crippen molar-refractivity contribution >= 4 is 22.9 Å². The van der Waals surface area contributed by atoms with E-state index in [4.69, 9.17) is 17.3 Å². The number of benzene rings is 1. The second kappa shape index (κ2) is 4.07. The molecule has 1 aliphatic carbocycles. The second-order valence-corrected chi connectivity index (χ2v) is 3.92. The lowest BCUT2D eigenvalue weighted by Gasteiger charge is -2.12. The lowest BCUT2D eigenvalue weighted by molar-refractivity contribution is 0.629. The van der Waals surface area contributed by atoms with Crippen molar-refractivity contribution in [1.29, 1.82) is 0 Å². The zero-order chi connectivity index (χ0) is 10.8. The van der Waals surface area contributed by atoms with E-state index in [0.29, 0.717) is 10.6 Å². The molecule has 0 heterocycles. The van der Waals surface area contributed by atoms with E-state index in [1.807, 2.05) is 12.2 Å². The quantitative estimate of drug-likeness (QED) is 0.722. The Kier molecular flexibility index (Phi) is 2.78. The number of hydrogen-bond acceptors (Lipinski definition) is 1. The maximum Gasteiger partial charge on any atom is 0.153 e. The Morgan fingerprint density at radius 2 is 2.13 bits per heavy atom. The molecule has 0 aliphatic heterocycles. The highest BCUT2D eigenvalue weighted by atomic mass is 35.5.